The van der Waals surface area contributed by atoms with Crippen LogP contribution in [0.5, 0.6) is 0 Å². The lowest BCUT2D eigenvalue weighted by Crippen LogP contribution is -2.49. The van der Waals surface area contributed by atoms with Crippen molar-refractivity contribution in [2.45, 2.75) is 37.0 Å². The predicted octanol–water partition coefficient (Wildman–Crippen LogP) is 1.06. The summed E-state index contributed by atoms with van der Waals surface area (Å²) in [4.78, 5) is 25.5. The summed E-state index contributed by atoms with van der Waals surface area (Å²) in [5.41, 5.74) is 0. The molecule has 0 bridgehead atoms. The zero-order valence-corrected chi connectivity index (χ0v) is 12.1. The van der Waals surface area contributed by atoms with Crippen molar-refractivity contribution in [3.05, 3.63) is 0 Å². The highest BCUT2D eigenvalue weighted by molar-refractivity contribution is 8.00. The molecule has 2 aliphatic rings. The van der Waals surface area contributed by atoms with E-state index in [2.05, 4.69) is 4.74 Å². The molecule has 0 saturated carbocycles. The molecule has 1 amide bonds. The van der Waals surface area contributed by atoms with Gasteiger partial charge in [-0.15, -0.1) is 11.8 Å². The number of hydrogen-bond acceptors (Lipinski definition) is 5. The summed E-state index contributed by atoms with van der Waals surface area (Å²) in [6.07, 6.45) is 3.32. The lowest BCUT2D eigenvalue weighted by Gasteiger charge is -2.35. The highest BCUT2D eigenvalue weighted by Gasteiger charge is 2.31. The fourth-order valence-electron chi connectivity index (χ4n) is 2.45. The van der Waals surface area contributed by atoms with E-state index in [4.69, 9.17) is 4.74 Å². The van der Waals surface area contributed by atoms with Gasteiger partial charge in [0.05, 0.1) is 31.5 Å². The van der Waals surface area contributed by atoms with Gasteiger partial charge in [0.1, 0.15) is 0 Å². The van der Waals surface area contributed by atoms with Gasteiger partial charge >= 0.3 is 5.97 Å². The standard InChI is InChI=1S/C13H21NO4S/c1-17-12(15)8-10-9-14(5-6-18-10)13(16)11-4-2-3-7-19-11/h10-11H,2-9H2,1H3. The van der Waals surface area contributed by atoms with E-state index >= 15 is 0 Å². The molecule has 0 aromatic rings. The number of morpholine rings is 1. The molecule has 0 aromatic carbocycles. The van der Waals surface area contributed by atoms with E-state index in [1.165, 1.54) is 13.5 Å². The number of carbonyl (C=O) groups excluding carboxylic acids is 2. The number of esters is 1. The Morgan fingerprint density at radius 3 is 2.95 bits per heavy atom. The summed E-state index contributed by atoms with van der Waals surface area (Å²) in [6.45, 7) is 1.64. The highest BCUT2D eigenvalue weighted by Crippen LogP contribution is 2.27. The Bertz CT molecular complexity index is 331. The van der Waals surface area contributed by atoms with E-state index in [9.17, 15) is 9.59 Å². The average molecular weight is 287 g/mol. The highest BCUT2D eigenvalue weighted by atomic mass is 32.2. The van der Waals surface area contributed by atoms with E-state index in [-0.39, 0.29) is 29.7 Å². The maximum absolute atomic E-state index is 12.4. The van der Waals surface area contributed by atoms with Crippen LogP contribution in [0.4, 0.5) is 0 Å². The predicted molar refractivity (Wildman–Crippen MR) is 73.1 cm³/mol. The molecule has 0 aliphatic carbocycles. The van der Waals surface area contributed by atoms with Crippen LogP contribution in [0.1, 0.15) is 25.7 Å². The number of thioether (sulfide) groups is 1. The van der Waals surface area contributed by atoms with Crippen LogP contribution < -0.4 is 0 Å². The van der Waals surface area contributed by atoms with Gasteiger partial charge in [-0.25, -0.2) is 0 Å². The largest absolute Gasteiger partial charge is 0.469 e. The minimum atomic E-state index is -0.286. The summed E-state index contributed by atoms with van der Waals surface area (Å²) in [5, 5.41) is 0.102. The molecule has 0 N–H and O–H groups in total. The van der Waals surface area contributed by atoms with E-state index < -0.39 is 0 Å². The Morgan fingerprint density at radius 2 is 2.26 bits per heavy atom. The number of ether oxygens (including phenoxy) is 2. The fourth-order valence-corrected chi connectivity index (χ4v) is 3.73. The van der Waals surface area contributed by atoms with Crippen molar-refractivity contribution in [2.24, 2.45) is 0 Å². The first-order valence-corrected chi connectivity index (χ1v) is 7.84. The molecule has 6 heteroatoms. The van der Waals surface area contributed by atoms with Gasteiger partial charge in [0.2, 0.25) is 5.91 Å². The first kappa shape index (κ1) is 14.7. The number of carbonyl (C=O) groups is 2. The molecule has 2 atom stereocenters. The van der Waals surface area contributed by atoms with Gasteiger partial charge in [-0.05, 0) is 18.6 Å². The van der Waals surface area contributed by atoms with Crippen LogP contribution >= 0.6 is 11.8 Å². The molecule has 5 nitrogen and oxygen atoms in total. The molecule has 108 valence electrons. The minimum Gasteiger partial charge on any atom is -0.469 e. The lowest BCUT2D eigenvalue weighted by molar-refractivity contribution is -0.149. The average Bonchev–Trinajstić information content (AvgIpc) is 2.47. The Balaban J connectivity index is 1.85. The SMILES string of the molecule is COC(=O)CC1CN(C(=O)C2CCCCS2)CCO1. The number of rotatable bonds is 3. The van der Waals surface area contributed by atoms with Crippen LogP contribution in [-0.2, 0) is 19.1 Å². The summed E-state index contributed by atoms with van der Waals surface area (Å²) in [5.74, 6) is 1.00. The molecule has 0 spiro atoms. The second-order valence-electron chi connectivity index (χ2n) is 4.91. The van der Waals surface area contributed by atoms with Crippen LogP contribution in [-0.4, -0.2) is 60.7 Å². The van der Waals surface area contributed by atoms with Gasteiger partial charge in [-0.3, -0.25) is 9.59 Å². The van der Waals surface area contributed by atoms with Crippen LogP contribution in [0.25, 0.3) is 0 Å². The first-order valence-electron chi connectivity index (χ1n) is 6.79. The minimum absolute atomic E-state index is 0.102. The molecule has 2 unspecified atom stereocenters. The second kappa shape index (κ2) is 7.14. The number of amides is 1. The maximum atomic E-state index is 12.4. The third kappa shape index (κ3) is 4.11. The molecule has 2 rings (SSSR count). The van der Waals surface area contributed by atoms with Gasteiger partial charge in [-0.2, -0.15) is 0 Å². The van der Waals surface area contributed by atoms with Crippen molar-refractivity contribution in [3.63, 3.8) is 0 Å². The van der Waals surface area contributed by atoms with Crippen molar-refractivity contribution in [3.8, 4) is 0 Å². The second-order valence-corrected chi connectivity index (χ2v) is 6.22. The third-order valence-electron chi connectivity index (χ3n) is 3.53. The summed E-state index contributed by atoms with van der Waals surface area (Å²) < 4.78 is 10.2. The zero-order chi connectivity index (χ0) is 13.7. The van der Waals surface area contributed by atoms with Crippen molar-refractivity contribution >= 4 is 23.6 Å². The normalized spacial score (nSPS) is 27.9. The quantitative estimate of drug-likeness (QED) is 0.727. The molecule has 2 aliphatic heterocycles. The zero-order valence-electron chi connectivity index (χ0n) is 11.3. The molecular weight excluding hydrogens is 266 g/mol. The van der Waals surface area contributed by atoms with Gasteiger partial charge < -0.3 is 14.4 Å². The Kier molecular flexibility index (Phi) is 5.51. The van der Waals surface area contributed by atoms with Gasteiger partial charge in [-0.1, -0.05) is 6.42 Å². The number of methoxy groups -OCH3 is 1. The summed E-state index contributed by atoms with van der Waals surface area (Å²) >= 11 is 1.76. The molecular formula is C13H21NO4S. The van der Waals surface area contributed by atoms with Crippen molar-refractivity contribution in [2.75, 3.05) is 32.6 Å². The van der Waals surface area contributed by atoms with Crippen molar-refractivity contribution in [1.82, 2.24) is 4.90 Å². The topological polar surface area (TPSA) is 55.8 Å². The molecule has 2 fully saturated rings. The van der Waals surface area contributed by atoms with Crippen LogP contribution in [0.3, 0.4) is 0 Å². The van der Waals surface area contributed by atoms with Gasteiger partial charge in [0.25, 0.3) is 0 Å². The van der Waals surface area contributed by atoms with E-state index in [1.807, 2.05) is 4.90 Å². The third-order valence-corrected chi connectivity index (χ3v) is 4.89. The lowest BCUT2D eigenvalue weighted by atomic mass is 10.1. The molecule has 0 aromatic heterocycles. The Labute approximate surface area is 118 Å². The molecule has 19 heavy (non-hydrogen) atoms. The molecule has 2 saturated heterocycles. The number of nitrogens with zero attached hydrogens (tertiary/aromatic N) is 1. The fraction of sp³-hybridized carbons (Fsp3) is 0.846. The van der Waals surface area contributed by atoms with Crippen LogP contribution in [0.2, 0.25) is 0 Å². The van der Waals surface area contributed by atoms with Crippen molar-refractivity contribution < 1.29 is 19.1 Å². The number of hydrogen-bond donors (Lipinski definition) is 0. The van der Waals surface area contributed by atoms with Crippen LogP contribution in [0, 0.1) is 0 Å². The van der Waals surface area contributed by atoms with E-state index in [0.29, 0.717) is 19.7 Å². The van der Waals surface area contributed by atoms with Gasteiger partial charge in [0, 0.05) is 13.1 Å². The van der Waals surface area contributed by atoms with Crippen molar-refractivity contribution in [1.29, 1.82) is 0 Å². The Morgan fingerprint density at radius 1 is 1.42 bits per heavy atom. The summed E-state index contributed by atoms with van der Waals surface area (Å²) in [6, 6.07) is 0. The summed E-state index contributed by atoms with van der Waals surface area (Å²) in [7, 11) is 1.37. The maximum Gasteiger partial charge on any atom is 0.308 e. The van der Waals surface area contributed by atoms with E-state index in [0.717, 1.165) is 18.6 Å². The smallest absolute Gasteiger partial charge is 0.308 e. The first-order chi connectivity index (χ1) is 9.20. The molecule has 2 heterocycles. The molecule has 0 radical (unpaired) electrons. The Hall–Kier alpha value is -0.750. The van der Waals surface area contributed by atoms with Gasteiger partial charge in [0.15, 0.2) is 0 Å². The van der Waals surface area contributed by atoms with Crippen LogP contribution in [0.15, 0.2) is 0 Å². The van der Waals surface area contributed by atoms with E-state index in [1.54, 1.807) is 11.8 Å². The monoisotopic (exact) mass is 287 g/mol.